The second-order valence-electron chi connectivity index (χ2n) is 8.35. The van der Waals surface area contributed by atoms with Crippen molar-refractivity contribution in [3.63, 3.8) is 0 Å². The molecule has 0 aliphatic heterocycles. The topological polar surface area (TPSA) is 89.5 Å². The molecule has 204 valence electrons. The van der Waals surface area contributed by atoms with Crippen molar-refractivity contribution < 1.29 is 38.0 Å². The molecule has 0 radical (unpaired) electrons. The molecule has 4 aromatic carbocycles. The number of carbonyl (C=O) groups is 2. The minimum absolute atomic E-state index is 0.0375. The zero-order valence-corrected chi connectivity index (χ0v) is 22.5. The third kappa shape index (κ3) is 6.60. The lowest BCUT2D eigenvalue weighted by Gasteiger charge is -2.17. The molecule has 8 heteroatoms. The number of rotatable bonds is 10. The molecule has 40 heavy (non-hydrogen) atoms. The Hall–Kier alpha value is -5.24. The van der Waals surface area contributed by atoms with Crippen LogP contribution >= 0.6 is 0 Å². The molecule has 0 fully saturated rings. The van der Waals surface area contributed by atoms with Gasteiger partial charge < -0.3 is 28.4 Å². The molecule has 0 saturated heterocycles. The first-order chi connectivity index (χ1) is 19.4. The molecular weight excluding hydrogens is 512 g/mol. The summed E-state index contributed by atoms with van der Waals surface area (Å²) in [5, 5.41) is 0. The van der Waals surface area contributed by atoms with Gasteiger partial charge in [0.2, 0.25) is 0 Å². The smallest absolute Gasteiger partial charge is 0.343 e. The van der Waals surface area contributed by atoms with Gasteiger partial charge in [0.05, 0.1) is 39.6 Å². The number of methoxy groups -OCH3 is 4. The van der Waals surface area contributed by atoms with E-state index >= 15 is 0 Å². The fourth-order valence-corrected chi connectivity index (χ4v) is 3.71. The third-order valence-electron chi connectivity index (χ3n) is 5.95. The summed E-state index contributed by atoms with van der Waals surface area (Å²) in [6, 6.07) is 26.7. The molecule has 0 aliphatic rings. The van der Waals surface area contributed by atoms with E-state index in [1.54, 1.807) is 111 Å². The predicted molar refractivity (Wildman–Crippen MR) is 150 cm³/mol. The lowest BCUT2D eigenvalue weighted by atomic mass is 10.1. The van der Waals surface area contributed by atoms with Crippen LogP contribution in [0.4, 0.5) is 0 Å². The van der Waals surface area contributed by atoms with Crippen LogP contribution in [0.5, 0.6) is 23.0 Å². The summed E-state index contributed by atoms with van der Waals surface area (Å²) in [5.74, 6) is 1.16. The molecule has 0 bridgehead atoms. The number of benzene rings is 4. The molecule has 0 heterocycles. The number of esters is 2. The first-order valence-electron chi connectivity index (χ1n) is 12.2. The number of hydrogen-bond acceptors (Lipinski definition) is 8. The van der Waals surface area contributed by atoms with Crippen LogP contribution < -0.4 is 18.9 Å². The lowest BCUT2D eigenvalue weighted by Crippen LogP contribution is -2.11. The van der Waals surface area contributed by atoms with Gasteiger partial charge >= 0.3 is 11.9 Å². The van der Waals surface area contributed by atoms with Crippen LogP contribution in [0.2, 0.25) is 0 Å². The second-order valence-corrected chi connectivity index (χ2v) is 8.35. The Morgan fingerprint density at radius 2 is 0.600 bits per heavy atom. The van der Waals surface area contributed by atoms with Crippen molar-refractivity contribution in [2.45, 2.75) is 0 Å². The van der Waals surface area contributed by atoms with E-state index in [0.29, 0.717) is 34.1 Å². The van der Waals surface area contributed by atoms with Crippen molar-refractivity contribution in [2.24, 2.45) is 0 Å². The molecule has 0 aliphatic carbocycles. The first kappa shape index (κ1) is 27.8. The highest BCUT2D eigenvalue weighted by molar-refractivity contribution is 6.00. The Morgan fingerprint density at radius 1 is 0.375 bits per heavy atom. The van der Waals surface area contributed by atoms with Gasteiger partial charge in [-0.3, -0.25) is 0 Å². The van der Waals surface area contributed by atoms with Gasteiger partial charge in [-0.2, -0.15) is 0 Å². The summed E-state index contributed by atoms with van der Waals surface area (Å²) < 4.78 is 32.8. The molecule has 0 spiro atoms. The molecule has 4 rings (SSSR count). The van der Waals surface area contributed by atoms with E-state index in [9.17, 15) is 9.59 Å². The Kier molecular flexibility index (Phi) is 9.04. The first-order valence-corrected chi connectivity index (χ1v) is 12.2. The van der Waals surface area contributed by atoms with Crippen molar-refractivity contribution in [3.05, 3.63) is 119 Å². The van der Waals surface area contributed by atoms with Crippen molar-refractivity contribution in [2.75, 3.05) is 28.4 Å². The molecule has 0 saturated carbocycles. The molecule has 8 nitrogen and oxygen atoms in total. The van der Waals surface area contributed by atoms with Crippen LogP contribution in [0, 0.1) is 0 Å². The zero-order chi connectivity index (χ0) is 28.5. The monoisotopic (exact) mass is 540 g/mol. The molecular formula is C32H28O8. The SMILES string of the molecule is COc1ccc(C(=O)O/C(=C(/OC(=O)c2ccc(OC)cc2)c2ccc(OC)cc2)c2ccc(OC)cc2)cc1. The van der Waals surface area contributed by atoms with Crippen LogP contribution in [0.15, 0.2) is 97.1 Å². The molecule has 0 atom stereocenters. The fourth-order valence-electron chi connectivity index (χ4n) is 3.71. The Labute approximate surface area is 232 Å². The molecule has 0 N–H and O–H groups in total. The zero-order valence-electron chi connectivity index (χ0n) is 22.5. The van der Waals surface area contributed by atoms with Crippen molar-refractivity contribution >= 4 is 23.5 Å². The van der Waals surface area contributed by atoms with E-state index in [2.05, 4.69) is 0 Å². The minimum Gasteiger partial charge on any atom is -0.497 e. The second kappa shape index (κ2) is 13.0. The molecule has 0 aromatic heterocycles. The van der Waals surface area contributed by atoms with Crippen molar-refractivity contribution in [1.82, 2.24) is 0 Å². The van der Waals surface area contributed by atoms with Crippen LogP contribution in [0.1, 0.15) is 31.8 Å². The highest BCUT2D eigenvalue weighted by Crippen LogP contribution is 2.32. The standard InChI is InChI=1S/C32H28O8/c1-35-25-13-5-21(6-14-25)29(39-31(33)23-9-17-27(37-3)18-10-23)30(22-7-15-26(36-2)16-8-22)40-32(34)24-11-19-28(38-4)20-12-24/h5-20H,1-4H3/b30-29+. The summed E-state index contributed by atoms with van der Waals surface area (Å²) in [6.07, 6.45) is 0. The predicted octanol–water partition coefficient (Wildman–Crippen LogP) is 6.26. The van der Waals surface area contributed by atoms with Gasteiger partial charge in [0, 0.05) is 11.1 Å². The van der Waals surface area contributed by atoms with E-state index in [1.807, 2.05) is 0 Å². The van der Waals surface area contributed by atoms with Crippen LogP contribution in [-0.2, 0) is 9.47 Å². The van der Waals surface area contributed by atoms with Crippen LogP contribution in [-0.4, -0.2) is 40.4 Å². The van der Waals surface area contributed by atoms with Gasteiger partial charge in [0.25, 0.3) is 0 Å². The largest absolute Gasteiger partial charge is 0.497 e. The van der Waals surface area contributed by atoms with Crippen LogP contribution in [0.25, 0.3) is 11.5 Å². The highest BCUT2D eigenvalue weighted by Gasteiger charge is 2.23. The Bertz CT molecular complexity index is 1360. The van der Waals surface area contributed by atoms with Crippen molar-refractivity contribution in [1.29, 1.82) is 0 Å². The van der Waals surface area contributed by atoms with E-state index in [1.165, 1.54) is 14.2 Å². The minimum atomic E-state index is -0.653. The van der Waals surface area contributed by atoms with E-state index in [4.69, 9.17) is 28.4 Å². The Morgan fingerprint density at radius 3 is 0.825 bits per heavy atom. The fraction of sp³-hybridized carbons (Fsp3) is 0.125. The molecule has 4 aromatic rings. The van der Waals surface area contributed by atoms with E-state index in [0.717, 1.165) is 0 Å². The third-order valence-corrected chi connectivity index (χ3v) is 5.95. The van der Waals surface area contributed by atoms with Gasteiger partial charge in [0.15, 0.2) is 11.5 Å². The van der Waals surface area contributed by atoms with Gasteiger partial charge in [-0.05, 0) is 97.1 Å². The van der Waals surface area contributed by atoms with Gasteiger partial charge in [-0.25, -0.2) is 9.59 Å². The van der Waals surface area contributed by atoms with Crippen molar-refractivity contribution in [3.8, 4) is 23.0 Å². The lowest BCUT2D eigenvalue weighted by molar-refractivity contribution is 0.0646. The maximum Gasteiger partial charge on any atom is 0.343 e. The van der Waals surface area contributed by atoms with E-state index in [-0.39, 0.29) is 22.6 Å². The van der Waals surface area contributed by atoms with Crippen LogP contribution in [0.3, 0.4) is 0 Å². The maximum absolute atomic E-state index is 13.3. The average molecular weight is 541 g/mol. The maximum atomic E-state index is 13.3. The summed E-state index contributed by atoms with van der Waals surface area (Å²) in [7, 11) is 6.18. The molecule has 0 unspecified atom stereocenters. The number of hydrogen-bond donors (Lipinski definition) is 0. The van der Waals surface area contributed by atoms with Gasteiger partial charge in [-0.1, -0.05) is 0 Å². The summed E-state index contributed by atoms with van der Waals surface area (Å²) >= 11 is 0. The summed E-state index contributed by atoms with van der Waals surface area (Å²) in [4.78, 5) is 26.6. The number of ether oxygens (including phenoxy) is 6. The normalized spacial score (nSPS) is 11.1. The average Bonchev–Trinajstić information content (AvgIpc) is 3.02. The molecule has 0 amide bonds. The number of carbonyl (C=O) groups excluding carboxylic acids is 2. The van der Waals surface area contributed by atoms with Gasteiger partial charge in [0.1, 0.15) is 23.0 Å². The highest BCUT2D eigenvalue weighted by atomic mass is 16.6. The summed E-state index contributed by atoms with van der Waals surface area (Å²) in [6.45, 7) is 0. The Balaban J connectivity index is 1.84. The van der Waals surface area contributed by atoms with E-state index < -0.39 is 11.9 Å². The van der Waals surface area contributed by atoms with Gasteiger partial charge in [-0.15, -0.1) is 0 Å². The summed E-state index contributed by atoms with van der Waals surface area (Å²) in [5.41, 5.74) is 1.52. The quantitative estimate of drug-likeness (QED) is 0.132.